The summed E-state index contributed by atoms with van der Waals surface area (Å²) in [5.74, 6) is 0.223. The number of aliphatic hydroxyl groups excluding tert-OH is 1. The molecule has 1 aliphatic heterocycles. The molecule has 1 aromatic rings. The molecular formula is C13H20N2O2S. The zero-order chi connectivity index (χ0) is 12.8. The van der Waals surface area contributed by atoms with Gasteiger partial charge >= 0.3 is 0 Å². The van der Waals surface area contributed by atoms with E-state index in [2.05, 4.69) is 9.80 Å². The van der Waals surface area contributed by atoms with Gasteiger partial charge in [0.1, 0.15) is 0 Å². The van der Waals surface area contributed by atoms with E-state index in [0.29, 0.717) is 6.54 Å². The van der Waals surface area contributed by atoms with Crippen LogP contribution < -0.4 is 0 Å². The lowest BCUT2D eigenvalue weighted by molar-refractivity contribution is 0.0936. The summed E-state index contributed by atoms with van der Waals surface area (Å²) in [5, 5.41) is 10.9. The Hall–Kier alpha value is -0.750. The predicted molar refractivity (Wildman–Crippen MR) is 73.2 cm³/mol. The Morgan fingerprint density at radius 2 is 2.06 bits per heavy atom. The molecule has 0 atom stereocenters. The fourth-order valence-corrected chi connectivity index (χ4v) is 2.92. The summed E-state index contributed by atoms with van der Waals surface area (Å²) < 4.78 is 0. The van der Waals surface area contributed by atoms with Crippen molar-refractivity contribution in [1.29, 1.82) is 0 Å². The summed E-state index contributed by atoms with van der Waals surface area (Å²) in [6.45, 7) is 5.33. The van der Waals surface area contributed by atoms with Crippen LogP contribution in [-0.2, 0) is 0 Å². The van der Waals surface area contributed by atoms with Gasteiger partial charge in [0.05, 0.1) is 18.0 Å². The van der Waals surface area contributed by atoms with Gasteiger partial charge in [-0.05, 0) is 31.0 Å². The van der Waals surface area contributed by atoms with Gasteiger partial charge in [-0.25, -0.2) is 0 Å². The summed E-state index contributed by atoms with van der Waals surface area (Å²) >= 11 is 1.51. The maximum Gasteiger partial charge on any atom is 0.186 e. The molecule has 100 valence electrons. The maximum absolute atomic E-state index is 12.0. The average molecular weight is 268 g/mol. The van der Waals surface area contributed by atoms with Crippen LogP contribution in [0.15, 0.2) is 17.5 Å². The van der Waals surface area contributed by atoms with E-state index < -0.39 is 0 Å². The molecule has 1 saturated heterocycles. The van der Waals surface area contributed by atoms with Crippen LogP contribution in [0.2, 0.25) is 0 Å². The Labute approximate surface area is 112 Å². The molecule has 0 bridgehead atoms. The lowest BCUT2D eigenvalue weighted by Crippen LogP contribution is -2.34. The minimum absolute atomic E-state index is 0.216. The molecule has 0 radical (unpaired) electrons. The number of hydrogen-bond acceptors (Lipinski definition) is 5. The van der Waals surface area contributed by atoms with E-state index in [4.69, 9.17) is 5.11 Å². The highest BCUT2D eigenvalue weighted by molar-refractivity contribution is 7.12. The molecule has 5 heteroatoms. The number of nitrogens with zero attached hydrogens (tertiary/aromatic N) is 2. The zero-order valence-corrected chi connectivity index (χ0v) is 11.4. The summed E-state index contributed by atoms with van der Waals surface area (Å²) in [7, 11) is 0. The average Bonchev–Trinajstić information content (AvgIpc) is 2.81. The molecule has 1 fully saturated rings. The molecule has 0 spiro atoms. The third-order valence-electron chi connectivity index (χ3n) is 3.26. The number of β-amino-alcohol motifs (C(OH)–C–C–N with tert-alkyl or cyclic N) is 1. The van der Waals surface area contributed by atoms with Crippen molar-refractivity contribution in [3.05, 3.63) is 22.4 Å². The second-order valence-corrected chi connectivity index (χ2v) is 5.54. The number of aliphatic hydroxyl groups is 1. The van der Waals surface area contributed by atoms with E-state index >= 15 is 0 Å². The van der Waals surface area contributed by atoms with Crippen LogP contribution in [0, 0.1) is 0 Å². The van der Waals surface area contributed by atoms with E-state index in [-0.39, 0.29) is 12.4 Å². The minimum atomic E-state index is 0.216. The van der Waals surface area contributed by atoms with Crippen molar-refractivity contribution in [2.45, 2.75) is 6.42 Å². The highest BCUT2D eigenvalue weighted by Gasteiger charge is 2.17. The number of Topliss-reactive ketones (excluding diaryl/α,β-unsaturated/α-hetero) is 1. The Balaban J connectivity index is 1.81. The van der Waals surface area contributed by atoms with Crippen molar-refractivity contribution in [3.8, 4) is 0 Å². The van der Waals surface area contributed by atoms with Gasteiger partial charge < -0.3 is 5.11 Å². The predicted octanol–water partition coefficient (Wildman–Crippen LogP) is 0.931. The van der Waals surface area contributed by atoms with Crippen LogP contribution in [-0.4, -0.2) is 66.6 Å². The Morgan fingerprint density at radius 3 is 2.78 bits per heavy atom. The summed E-state index contributed by atoms with van der Waals surface area (Å²) in [6.07, 6.45) is 1.07. The molecule has 4 nitrogen and oxygen atoms in total. The Kier molecular flexibility index (Phi) is 5.31. The van der Waals surface area contributed by atoms with Crippen LogP contribution >= 0.6 is 11.3 Å². The Bertz CT molecular complexity index is 367. The number of carbonyl (C=O) groups is 1. The van der Waals surface area contributed by atoms with Crippen LogP contribution in [0.5, 0.6) is 0 Å². The molecule has 2 rings (SSSR count). The van der Waals surface area contributed by atoms with Crippen LogP contribution in [0.4, 0.5) is 0 Å². The molecule has 1 N–H and O–H groups in total. The third-order valence-corrected chi connectivity index (χ3v) is 4.17. The monoisotopic (exact) mass is 268 g/mol. The van der Waals surface area contributed by atoms with E-state index in [1.54, 1.807) is 0 Å². The van der Waals surface area contributed by atoms with Crippen LogP contribution in [0.1, 0.15) is 16.1 Å². The van der Waals surface area contributed by atoms with Gasteiger partial charge in [0.25, 0.3) is 0 Å². The number of thiophene rings is 1. The van der Waals surface area contributed by atoms with E-state index in [1.807, 2.05) is 17.5 Å². The lowest BCUT2D eigenvalue weighted by Gasteiger charge is -2.20. The smallest absolute Gasteiger partial charge is 0.186 e. The number of ketones is 1. The quantitative estimate of drug-likeness (QED) is 0.807. The molecule has 0 saturated carbocycles. The molecule has 2 heterocycles. The fraction of sp³-hybridized carbons (Fsp3) is 0.615. The van der Waals surface area contributed by atoms with Crippen LogP contribution in [0.3, 0.4) is 0 Å². The first-order chi connectivity index (χ1) is 8.79. The van der Waals surface area contributed by atoms with Gasteiger partial charge in [-0.2, -0.15) is 0 Å². The topological polar surface area (TPSA) is 43.8 Å². The first-order valence-corrected chi connectivity index (χ1v) is 7.30. The second kappa shape index (κ2) is 6.99. The number of hydrogen-bond donors (Lipinski definition) is 1. The highest BCUT2D eigenvalue weighted by atomic mass is 32.1. The molecular weight excluding hydrogens is 248 g/mol. The van der Waals surface area contributed by atoms with Crippen LogP contribution in [0.25, 0.3) is 0 Å². The Morgan fingerprint density at radius 1 is 1.28 bits per heavy atom. The van der Waals surface area contributed by atoms with Gasteiger partial charge in [-0.15, -0.1) is 11.3 Å². The van der Waals surface area contributed by atoms with Gasteiger partial charge in [0.15, 0.2) is 5.78 Å². The largest absolute Gasteiger partial charge is 0.395 e. The molecule has 18 heavy (non-hydrogen) atoms. The third kappa shape index (κ3) is 3.88. The first kappa shape index (κ1) is 13.7. The highest BCUT2D eigenvalue weighted by Crippen LogP contribution is 2.11. The van der Waals surface area contributed by atoms with Crippen molar-refractivity contribution in [2.24, 2.45) is 0 Å². The zero-order valence-electron chi connectivity index (χ0n) is 10.5. The molecule has 0 aromatic carbocycles. The van der Waals surface area contributed by atoms with Gasteiger partial charge in [0.2, 0.25) is 0 Å². The van der Waals surface area contributed by atoms with Crippen molar-refractivity contribution >= 4 is 17.1 Å². The SMILES string of the molecule is O=C(CN1CCCN(CCO)CC1)c1cccs1. The van der Waals surface area contributed by atoms with Gasteiger partial charge in [0, 0.05) is 19.6 Å². The standard InChI is InChI=1S/C13H20N2O2S/c16-9-8-14-4-2-5-15(7-6-14)11-12(17)13-3-1-10-18-13/h1,3,10,16H,2,4-9,11H2. The first-order valence-electron chi connectivity index (χ1n) is 6.42. The summed E-state index contributed by atoms with van der Waals surface area (Å²) in [4.78, 5) is 17.3. The fourth-order valence-electron chi connectivity index (χ4n) is 2.27. The lowest BCUT2D eigenvalue weighted by atomic mass is 10.3. The van der Waals surface area contributed by atoms with E-state index in [9.17, 15) is 4.79 Å². The van der Waals surface area contributed by atoms with Gasteiger partial charge in [-0.3, -0.25) is 14.6 Å². The maximum atomic E-state index is 12.0. The van der Waals surface area contributed by atoms with Gasteiger partial charge in [-0.1, -0.05) is 6.07 Å². The van der Waals surface area contributed by atoms with E-state index in [0.717, 1.165) is 44.0 Å². The summed E-state index contributed by atoms with van der Waals surface area (Å²) in [5.41, 5.74) is 0. The molecule has 1 aliphatic rings. The molecule has 0 aliphatic carbocycles. The number of carbonyl (C=O) groups excluding carboxylic acids is 1. The second-order valence-electron chi connectivity index (χ2n) is 4.60. The molecule has 0 unspecified atom stereocenters. The minimum Gasteiger partial charge on any atom is -0.395 e. The van der Waals surface area contributed by atoms with Crippen molar-refractivity contribution < 1.29 is 9.90 Å². The van der Waals surface area contributed by atoms with E-state index in [1.165, 1.54) is 11.3 Å². The summed E-state index contributed by atoms with van der Waals surface area (Å²) in [6, 6.07) is 3.81. The molecule has 0 amide bonds. The van der Waals surface area contributed by atoms with Crippen molar-refractivity contribution in [3.63, 3.8) is 0 Å². The normalized spacial score (nSPS) is 18.7. The van der Waals surface area contributed by atoms with Crippen molar-refractivity contribution in [1.82, 2.24) is 9.80 Å². The van der Waals surface area contributed by atoms with Crippen molar-refractivity contribution in [2.75, 3.05) is 45.9 Å². The number of rotatable bonds is 5. The molecule has 1 aromatic heterocycles.